The Labute approximate surface area is 129 Å². The maximum atomic E-state index is 12.6. The second kappa shape index (κ2) is 5.85. The minimum absolute atomic E-state index is 0.195. The van der Waals surface area contributed by atoms with Crippen molar-refractivity contribution in [2.75, 3.05) is 0 Å². The van der Waals surface area contributed by atoms with Crippen LogP contribution in [0, 0.1) is 0 Å². The van der Waals surface area contributed by atoms with Gasteiger partial charge in [-0.2, -0.15) is 18.2 Å². The minimum atomic E-state index is -4.38. The summed E-state index contributed by atoms with van der Waals surface area (Å²) in [5, 5.41) is 3.78. The van der Waals surface area contributed by atoms with E-state index in [0.29, 0.717) is 5.56 Å². The lowest BCUT2D eigenvalue weighted by Crippen LogP contribution is -2.11. The summed E-state index contributed by atoms with van der Waals surface area (Å²) in [5.41, 5.74) is 6.54. The molecular formula is C16H12F3N3O. The van der Waals surface area contributed by atoms with E-state index in [1.165, 1.54) is 12.1 Å². The molecule has 2 N–H and O–H groups in total. The van der Waals surface area contributed by atoms with Gasteiger partial charge in [0.2, 0.25) is 11.7 Å². The molecule has 0 fully saturated rings. The van der Waals surface area contributed by atoms with Gasteiger partial charge in [0.05, 0.1) is 5.56 Å². The number of nitrogens with zero attached hydrogens (tertiary/aromatic N) is 2. The number of aromatic nitrogens is 2. The SMILES string of the molecule is NC(c1ccccc1)c1nc(-c2ccc(C(F)(F)F)cc2)no1. The monoisotopic (exact) mass is 319 g/mol. The lowest BCUT2D eigenvalue weighted by atomic mass is 10.1. The van der Waals surface area contributed by atoms with Crippen molar-refractivity contribution in [3.8, 4) is 11.4 Å². The Bertz CT molecular complexity index is 782. The Kier molecular flexibility index (Phi) is 3.87. The average Bonchev–Trinajstić information content (AvgIpc) is 3.04. The summed E-state index contributed by atoms with van der Waals surface area (Å²) in [6, 6.07) is 13.1. The van der Waals surface area contributed by atoms with Gasteiger partial charge in [-0.3, -0.25) is 0 Å². The summed E-state index contributed by atoms with van der Waals surface area (Å²) >= 11 is 0. The van der Waals surface area contributed by atoms with Crippen LogP contribution in [0.3, 0.4) is 0 Å². The van der Waals surface area contributed by atoms with E-state index in [9.17, 15) is 13.2 Å². The predicted octanol–water partition coefficient (Wildman–Crippen LogP) is 3.80. The van der Waals surface area contributed by atoms with Crippen molar-refractivity contribution in [1.29, 1.82) is 0 Å². The zero-order chi connectivity index (χ0) is 16.4. The van der Waals surface area contributed by atoms with Crippen LogP contribution in [0.4, 0.5) is 13.2 Å². The maximum absolute atomic E-state index is 12.6. The number of hydrogen-bond acceptors (Lipinski definition) is 4. The van der Waals surface area contributed by atoms with Crippen LogP contribution in [0.25, 0.3) is 11.4 Å². The topological polar surface area (TPSA) is 64.9 Å². The molecule has 0 aliphatic rings. The molecule has 3 aromatic rings. The normalized spacial score (nSPS) is 13.0. The lowest BCUT2D eigenvalue weighted by molar-refractivity contribution is -0.137. The third-order valence-corrected chi connectivity index (χ3v) is 3.34. The van der Waals surface area contributed by atoms with Gasteiger partial charge in [0, 0.05) is 5.56 Å². The van der Waals surface area contributed by atoms with Gasteiger partial charge in [0.15, 0.2) is 0 Å². The van der Waals surface area contributed by atoms with Gasteiger partial charge in [-0.1, -0.05) is 47.6 Å². The molecule has 23 heavy (non-hydrogen) atoms. The maximum Gasteiger partial charge on any atom is 0.416 e. The summed E-state index contributed by atoms with van der Waals surface area (Å²) in [6.45, 7) is 0. The molecule has 0 aliphatic carbocycles. The van der Waals surface area contributed by atoms with Crippen LogP contribution in [-0.2, 0) is 6.18 Å². The fraction of sp³-hybridized carbons (Fsp3) is 0.125. The molecular weight excluding hydrogens is 307 g/mol. The molecule has 1 atom stereocenters. The Morgan fingerprint density at radius 2 is 1.61 bits per heavy atom. The fourth-order valence-corrected chi connectivity index (χ4v) is 2.09. The van der Waals surface area contributed by atoms with Crippen molar-refractivity contribution in [3.63, 3.8) is 0 Å². The van der Waals surface area contributed by atoms with Gasteiger partial charge in [-0.05, 0) is 17.7 Å². The summed E-state index contributed by atoms with van der Waals surface area (Å²) < 4.78 is 42.8. The van der Waals surface area contributed by atoms with Crippen molar-refractivity contribution < 1.29 is 17.7 Å². The fourth-order valence-electron chi connectivity index (χ4n) is 2.09. The highest BCUT2D eigenvalue weighted by atomic mass is 19.4. The molecule has 118 valence electrons. The van der Waals surface area contributed by atoms with Crippen LogP contribution < -0.4 is 5.73 Å². The molecule has 0 aliphatic heterocycles. The molecule has 0 saturated carbocycles. The van der Waals surface area contributed by atoms with Gasteiger partial charge in [-0.15, -0.1) is 0 Å². The highest BCUT2D eigenvalue weighted by molar-refractivity contribution is 5.55. The van der Waals surface area contributed by atoms with E-state index in [4.69, 9.17) is 10.3 Å². The minimum Gasteiger partial charge on any atom is -0.337 e. The molecule has 4 nitrogen and oxygen atoms in total. The molecule has 0 amide bonds. The van der Waals surface area contributed by atoms with Crippen LogP contribution in [0.15, 0.2) is 59.1 Å². The molecule has 1 unspecified atom stereocenters. The largest absolute Gasteiger partial charge is 0.416 e. The first-order valence-electron chi connectivity index (χ1n) is 6.77. The molecule has 0 radical (unpaired) electrons. The highest BCUT2D eigenvalue weighted by Gasteiger charge is 2.30. The van der Waals surface area contributed by atoms with Crippen LogP contribution in [0.2, 0.25) is 0 Å². The van der Waals surface area contributed by atoms with E-state index >= 15 is 0 Å². The molecule has 3 rings (SSSR count). The first-order chi connectivity index (χ1) is 10.9. The summed E-state index contributed by atoms with van der Waals surface area (Å²) in [5.74, 6) is 0.395. The third-order valence-electron chi connectivity index (χ3n) is 3.34. The van der Waals surface area contributed by atoms with E-state index in [2.05, 4.69) is 10.1 Å². The zero-order valence-electron chi connectivity index (χ0n) is 11.8. The first kappa shape index (κ1) is 15.2. The van der Waals surface area contributed by atoms with Gasteiger partial charge in [0.25, 0.3) is 0 Å². The number of alkyl halides is 3. The van der Waals surface area contributed by atoms with Gasteiger partial charge >= 0.3 is 6.18 Å². The quantitative estimate of drug-likeness (QED) is 0.797. The van der Waals surface area contributed by atoms with E-state index in [1.807, 2.05) is 30.3 Å². The molecule has 2 aromatic carbocycles. The van der Waals surface area contributed by atoms with Crippen LogP contribution in [0.5, 0.6) is 0 Å². The number of rotatable bonds is 3. The van der Waals surface area contributed by atoms with Crippen LogP contribution in [-0.4, -0.2) is 10.1 Å². The number of hydrogen-bond donors (Lipinski definition) is 1. The predicted molar refractivity (Wildman–Crippen MR) is 77.2 cm³/mol. The van der Waals surface area contributed by atoms with Crippen molar-refractivity contribution in [1.82, 2.24) is 10.1 Å². The molecule has 1 heterocycles. The van der Waals surface area contributed by atoms with E-state index < -0.39 is 17.8 Å². The van der Waals surface area contributed by atoms with Gasteiger partial charge in [0.1, 0.15) is 6.04 Å². The Morgan fingerprint density at radius 3 is 2.22 bits per heavy atom. The number of nitrogens with two attached hydrogens (primary N) is 1. The summed E-state index contributed by atoms with van der Waals surface area (Å²) in [7, 11) is 0. The Hall–Kier alpha value is -2.67. The second-order valence-corrected chi connectivity index (χ2v) is 4.92. The van der Waals surface area contributed by atoms with Gasteiger partial charge in [-0.25, -0.2) is 0 Å². The second-order valence-electron chi connectivity index (χ2n) is 4.92. The molecule has 0 spiro atoms. The Balaban J connectivity index is 1.85. The summed E-state index contributed by atoms with van der Waals surface area (Å²) in [6.07, 6.45) is -4.38. The number of benzene rings is 2. The summed E-state index contributed by atoms with van der Waals surface area (Å²) in [4.78, 5) is 4.16. The zero-order valence-corrected chi connectivity index (χ0v) is 11.8. The lowest BCUT2D eigenvalue weighted by Gasteiger charge is -2.06. The number of halogens is 3. The molecule has 1 aromatic heterocycles. The van der Waals surface area contributed by atoms with Gasteiger partial charge < -0.3 is 10.3 Å². The van der Waals surface area contributed by atoms with Crippen molar-refractivity contribution >= 4 is 0 Å². The Morgan fingerprint density at radius 1 is 0.957 bits per heavy atom. The van der Waals surface area contributed by atoms with Crippen molar-refractivity contribution in [3.05, 3.63) is 71.6 Å². The molecule has 7 heteroatoms. The highest BCUT2D eigenvalue weighted by Crippen LogP contribution is 2.30. The third kappa shape index (κ3) is 3.24. The average molecular weight is 319 g/mol. The van der Waals surface area contributed by atoms with Crippen LogP contribution >= 0.6 is 0 Å². The standard InChI is InChI=1S/C16H12F3N3O/c17-16(18,19)12-8-6-11(7-9-12)14-21-15(23-22-14)13(20)10-4-2-1-3-5-10/h1-9,13H,20H2. The first-order valence-corrected chi connectivity index (χ1v) is 6.77. The van der Waals surface area contributed by atoms with Crippen LogP contribution in [0.1, 0.15) is 23.1 Å². The molecule has 0 bridgehead atoms. The van der Waals surface area contributed by atoms with Crippen molar-refractivity contribution in [2.24, 2.45) is 5.73 Å². The smallest absolute Gasteiger partial charge is 0.337 e. The van der Waals surface area contributed by atoms with E-state index in [1.54, 1.807) is 0 Å². The van der Waals surface area contributed by atoms with E-state index in [-0.39, 0.29) is 11.7 Å². The molecule has 0 saturated heterocycles. The van der Waals surface area contributed by atoms with Crippen molar-refractivity contribution in [2.45, 2.75) is 12.2 Å². The van der Waals surface area contributed by atoms with E-state index in [0.717, 1.165) is 17.7 Å².